The van der Waals surface area contributed by atoms with Crippen molar-refractivity contribution in [2.24, 2.45) is 0 Å². The Morgan fingerprint density at radius 3 is 3.07 bits per heavy atom. The summed E-state index contributed by atoms with van der Waals surface area (Å²) in [4.78, 5) is 15.0. The van der Waals surface area contributed by atoms with Gasteiger partial charge in [0, 0.05) is 18.6 Å². The Morgan fingerprint density at radius 1 is 1.71 bits per heavy atom. The molecule has 3 nitrogen and oxygen atoms in total. The van der Waals surface area contributed by atoms with Crippen LogP contribution >= 0.6 is 11.6 Å². The van der Waals surface area contributed by atoms with Gasteiger partial charge in [0.2, 0.25) is 5.88 Å². The van der Waals surface area contributed by atoms with E-state index in [0.717, 1.165) is 12.8 Å². The van der Waals surface area contributed by atoms with E-state index in [2.05, 4.69) is 11.1 Å². The summed E-state index contributed by atoms with van der Waals surface area (Å²) in [7, 11) is 0. The molecule has 1 heterocycles. The zero-order valence-electron chi connectivity index (χ0n) is 7.92. The van der Waals surface area contributed by atoms with Gasteiger partial charge < -0.3 is 4.74 Å². The summed E-state index contributed by atoms with van der Waals surface area (Å²) >= 11 is 5.57. The van der Waals surface area contributed by atoms with Gasteiger partial charge in [0.25, 0.3) is 0 Å². The van der Waals surface area contributed by atoms with Crippen molar-refractivity contribution in [2.75, 3.05) is 0 Å². The fourth-order valence-corrected chi connectivity index (χ4v) is 0.973. The number of carbonyl (C=O) groups excluding carboxylic acids is 1. The lowest BCUT2D eigenvalue weighted by molar-refractivity contribution is -0.134. The molecule has 0 aliphatic heterocycles. The van der Waals surface area contributed by atoms with E-state index in [1.807, 2.05) is 6.92 Å². The summed E-state index contributed by atoms with van der Waals surface area (Å²) < 4.78 is 4.93. The van der Waals surface area contributed by atoms with Crippen LogP contribution in [0.4, 0.5) is 0 Å². The van der Waals surface area contributed by atoms with Crippen molar-refractivity contribution in [3.05, 3.63) is 23.4 Å². The van der Waals surface area contributed by atoms with E-state index in [0.29, 0.717) is 11.4 Å². The topological polar surface area (TPSA) is 39.2 Å². The van der Waals surface area contributed by atoms with Crippen molar-refractivity contribution < 1.29 is 9.53 Å². The molecule has 1 aromatic rings. The lowest BCUT2D eigenvalue weighted by atomic mass is 10.2. The monoisotopic (exact) mass is 212 g/mol. The molecule has 75 valence electrons. The smallest absolute Gasteiger partial charge is 0.312 e. The quantitative estimate of drug-likeness (QED) is 0.721. The maximum absolute atomic E-state index is 11.1. The number of carbonyl (C=O) groups is 1. The van der Waals surface area contributed by atoms with Crippen LogP contribution in [0.15, 0.2) is 12.3 Å². The van der Waals surface area contributed by atoms with Gasteiger partial charge in [0.05, 0.1) is 11.2 Å². The summed E-state index contributed by atoms with van der Waals surface area (Å²) in [5.41, 5.74) is 0. The first-order valence-electron chi connectivity index (χ1n) is 4.46. The molecular formula is C10H11ClNO2. The Balaban J connectivity index is 2.44. The normalized spacial score (nSPS) is 9.86. The third-order valence-corrected chi connectivity index (χ3v) is 1.80. The van der Waals surface area contributed by atoms with Crippen LogP contribution in [0.3, 0.4) is 0 Å². The number of nitrogens with zero attached hydrogens (tertiary/aromatic N) is 1. The molecule has 0 aliphatic rings. The summed E-state index contributed by atoms with van der Waals surface area (Å²) in [5, 5.41) is 0.401. The summed E-state index contributed by atoms with van der Waals surface area (Å²) in [6, 6.07) is 4.14. The molecule has 0 saturated heterocycles. The standard InChI is InChI=1S/C10H11ClNO2/c1-2-3-4-10(13)14-9-6-5-8(11)7-12-9/h6-7H,2-4H2,1H3. The third-order valence-electron chi connectivity index (χ3n) is 1.59. The van der Waals surface area contributed by atoms with Crippen molar-refractivity contribution in [3.63, 3.8) is 0 Å². The van der Waals surface area contributed by atoms with Crippen molar-refractivity contribution in [1.82, 2.24) is 4.98 Å². The van der Waals surface area contributed by atoms with Crippen LogP contribution in [0.2, 0.25) is 5.02 Å². The van der Waals surface area contributed by atoms with E-state index >= 15 is 0 Å². The first-order chi connectivity index (χ1) is 6.72. The van der Waals surface area contributed by atoms with Crippen LogP contribution in [-0.4, -0.2) is 11.0 Å². The van der Waals surface area contributed by atoms with Crippen molar-refractivity contribution >= 4 is 17.6 Å². The van der Waals surface area contributed by atoms with Crippen LogP contribution in [0.5, 0.6) is 5.88 Å². The molecule has 0 saturated carbocycles. The maximum Gasteiger partial charge on any atom is 0.312 e. The molecule has 0 atom stereocenters. The lowest BCUT2D eigenvalue weighted by Crippen LogP contribution is -2.08. The zero-order valence-corrected chi connectivity index (χ0v) is 8.67. The number of esters is 1. The van der Waals surface area contributed by atoms with Crippen molar-refractivity contribution in [3.8, 4) is 5.88 Å². The molecule has 1 rings (SSSR count). The van der Waals surface area contributed by atoms with Gasteiger partial charge in [-0.05, 0) is 6.42 Å². The lowest BCUT2D eigenvalue weighted by Gasteiger charge is -2.01. The number of rotatable bonds is 4. The Kier molecular flexibility index (Phi) is 4.40. The highest BCUT2D eigenvalue weighted by atomic mass is 35.5. The zero-order chi connectivity index (χ0) is 10.4. The van der Waals surface area contributed by atoms with Crippen LogP contribution in [0.25, 0.3) is 0 Å². The molecule has 4 heteroatoms. The molecule has 0 spiro atoms. The van der Waals surface area contributed by atoms with Crippen LogP contribution in [-0.2, 0) is 4.79 Å². The maximum atomic E-state index is 11.1. The van der Waals surface area contributed by atoms with E-state index in [1.54, 1.807) is 0 Å². The summed E-state index contributed by atoms with van der Waals surface area (Å²) in [6.07, 6.45) is 3.61. The number of hydrogen-bond donors (Lipinski definition) is 0. The van der Waals surface area contributed by atoms with Crippen LogP contribution < -0.4 is 4.74 Å². The fraction of sp³-hybridized carbons (Fsp3) is 0.400. The van der Waals surface area contributed by atoms with E-state index in [1.165, 1.54) is 12.3 Å². The molecule has 0 N–H and O–H groups in total. The van der Waals surface area contributed by atoms with E-state index in [4.69, 9.17) is 16.3 Å². The van der Waals surface area contributed by atoms with Gasteiger partial charge in [-0.2, -0.15) is 0 Å². The number of pyridine rings is 1. The molecule has 0 bridgehead atoms. The van der Waals surface area contributed by atoms with Crippen molar-refractivity contribution in [2.45, 2.75) is 26.2 Å². The molecular weight excluding hydrogens is 202 g/mol. The Bertz CT molecular complexity index is 297. The predicted molar refractivity (Wildman–Crippen MR) is 53.2 cm³/mol. The third kappa shape index (κ3) is 3.75. The highest BCUT2D eigenvalue weighted by Gasteiger charge is 2.04. The first-order valence-corrected chi connectivity index (χ1v) is 4.84. The number of hydrogen-bond acceptors (Lipinski definition) is 3. The minimum absolute atomic E-state index is 0.246. The van der Waals surface area contributed by atoms with Gasteiger partial charge in [0.1, 0.15) is 0 Å². The highest BCUT2D eigenvalue weighted by Crippen LogP contribution is 2.11. The average molecular weight is 213 g/mol. The van der Waals surface area contributed by atoms with E-state index in [-0.39, 0.29) is 11.8 Å². The number of halogens is 1. The number of aromatic nitrogens is 1. The highest BCUT2D eigenvalue weighted by molar-refractivity contribution is 6.30. The minimum atomic E-state index is -0.268. The Labute approximate surface area is 88.1 Å². The van der Waals surface area contributed by atoms with Gasteiger partial charge in [-0.15, -0.1) is 0 Å². The number of ether oxygens (including phenoxy) is 1. The molecule has 0 aromatic carbocycles. The Morgan fingerprint density at radius 2 is 2.50 bits per heavy atom. The van der Waals surface area contributed by atoms with Gasteiger partial charge in [-0.1, -0.05) is 24.9 Å². The molecule has 0 fully saturated rings. The van der Waals surface area contributed by atoms with Gasteiger partial charge in [-0.25, -0.2) is 4.98 Å². The van der Waals surface area contributed by atoms with Gasteiger partial charge in [-0.3, -0.25) is 4.79 Å². The molecule has 0 unspecified atom stereocenters. The average Bonchev–Trinajstić information content (AvgIpc) is 2.18. The van der Waals surface area contributed by atoms with Gasteiger partial charge in [0.15, 0.2) is 0 Å². The second-order valence-electron chi connectivity index (χ2n) is 2.81. The second-order valence-corrected chi connectivity index (χ2v) is 3.22. The van der Waals surface area contributed by atoms with Crippen LogP contribution in [0.1, 0.15) is 26.2 Å². The predicted octanol–water partition coefficient (Wildman–Crippen LogP) is 2.63. The second kappa shape index (κ2) is 5.60. The van der Waals surface area contributed by atoms with Crippen molar-refractivity contribution in [1.29, 1.82) is 0 Å². The molecule has 0 aliphatic carbocycles. The minimum Gasteiger partial charge on any atom is -0.407 e. The summed E-state index contributed by atoms with van der Waals surface area (Å²) in [5.74, 6) is -0.0226. The molecule has 14 heavy (non-hydrogen) atoms. The SMILES string of the molecule is CCCCC(=O)Oc1c[c]c(Cl)cn1. The fourth-order valence-electron chi connectivity index (χ4n) is 0.870. The van der Waals surface area contributed by atoms with E-state index in [9.17, 15) is 4.79 Å². The van der Waals surface area contributed by atoms with Gasteiger partial charge >= 0.3 is 5.97 Å². The largest absolute Gasteiger partial charge is 0.407 e. The first kappa shape index (κ1) is 11.0. The van der Waals surface area contributed by atoms with E-state index < -0.39 is 0 Å². The number of unbranched alkanes of at least 4 members (excludes halogenated alkanes) is 1. The summed E-state index contributed by atoms with van der Waals surface area (Å²) in [6.45, 7) is 2.02. The molecule has 1 radical (unpaired) electrons. The Hall–Kier alpha value is -1.09. The molecule has 0 amide bonds. The molecule has 1 aromatic heterocycles. The van der Waals surface area contributed by atoms with Crippen LogP contribution in [0, 0.1) is 6.07 Å².